The van der Waals surface area contributed by atoms with Crippen molar-refractivity contribution in [1.82, 2.24) is 20.2 Å². The molecule has 0 unspecified atom stereocenters. The maximum Gasteiger partial charge on any atom is 0.436 e. The van der Waals surface area contributed by atoms with Gasteiger partial charge in [-0.2, -0.15) is 0 Å². The molecule has 0 saturated heterocycles. The summed E-state index contributed by atoms with van der Waals surface area (Å²) in [5.74, 6) is 0. The fraction of sp³-hybridized carbons (Fsp3) is 0. The molecule has 0 aliphatic rings. The van der Waals surface area contributed by atoms with Crippen molar-refractivity contribution in [2.24, 2.45) is 0 Å². The molecule has 1 rings (SSSR count). The highest BCUT2D eigenvalue weighted by molar-refractivity contribution is 6.29. The molecule has 9 heavy (non-hydrogen) atoms. The molecule has 7 heteroatoms. The van der Waals surface area contributed by atoms with Gasteiger partial charge in [-0.1, -0.05) is 5.10 Å². The van der Waals surface area contributed by atoms with Crippen LogP contribution in [-0.4, -0.2) is 31.4 Å². The normalized spacial score (nSPS) is 9.44. The third-order valence-corrected chi connectivity index (χ3v) is 0.848. The van der Waals surface area contributed by atoms with Crippen molar-refractivity contribution in [3.63, 3.8) is 0 Å². The molecule has 0 radical (unpaired) electrons. The van der Waals surface area contributed by atoms with Crippen LogP contribution in [0.25, 0.3) is 0 Å². The summed E-state index contributed by atoms with van der Waals surface area (Å²) in [6.45, 7) is 0. The minimum Gasteiger partial charge on any atom is -0.463 e. The molecule has 0 aromatic carbocycles. The molecule has 1 aromatic rings. The molecule has 0 aliphatic carbocycles. The van der Waals surface area contributed by atoms with Crippen molar-refractivity contribution in [2.45, 2.75) is 0 Å². The fourth-order valence-electron chi connectivity index (χ4n) is 0.293. The van der Waals surface area contributed by atoms with Crippen LogP contribution >= 0.6 is 11.6 Å². The maximum atomic E-state index is 10.0. The topological polar surface area (TPSA) is 80.9 Å². The van der Waals surface area contributed by atoms with Crippen molar-refractivity contribution >= 4 is 17.7 Å². The van der Waals surface area contributed by atoms with E-state index >= 15 is 0 Å². The Kier molecular flexibility index (Phi) is 1.31. The van der Waals surface area contributed by atoms with E-state index in [9.17, 15) is 4.79 Å². The fourth-order valence-corrected chi connectivity index (χ4v) is 0.433. The molecule has 0 bridgehead atoms. The summed E-state index contributed by atoms with van der Waals surface area (Å²) in [7, 11) is 0. The second kappa shape index (κ2) is 1.98. The zero-order valence-corrected chi connectivity index (χ0v) is 4.78. The Morgan fingerprint density at radius 1 is 1.78 bits per heavy atom. The van der Waals surface area contributed by atoms with Gasteiger partial charge in [0.05, 0.1) is 0 Å². The molecule has 0 amide bonds. The first-order valence-electron chi connectivity index (χ1n) is 1.89. The second-order valence-corrected chi connectivity index (χ2v) is 1.48. The molecule has 0 spiro atoms. The van der Waals surface area contributed by atoms with Crippen LogP contribution in [-0.2, 0) is 0 Å². The molecule has 1 aromatic heterocycles. The largest absolute Gasteiger partial charge is 0.463 e. The van der Waals surface area contributed by atoms with Crippen LogP contribution in [0, 0.1) is 0 Å². The maximum absolute atomic E-state index is 10.0. The van der Waals surface area contributed by atoms with Crippen LogP contribution in [0.2, 0.25) is 5.28 Å². The van der Waals surface area contributed by atoms with E-state index in [2.05, 4.69) is 15.5 Å². The van der Waals surface area contributed by atoms with E-state index in [0.29, 0.717) is 4.68 Å². The van der Waals surface area contributed by atoms with E-state index in [-0.39, 0.29) is 5.28 Å². The van der Waals surface area contributed by atoms with Crippen LogP contribution in [0.1, 0.15) is 0 Å². The van der Waals surface area contributed by atoms with Crippen LogP contribution < -0.4 is 0 Å². The smallest absolute Gasteiger partial charge is 0.436 e. The van der Waals surface area contributed by atoms with Gasteiger partial charge in [-0.05, 0) is 22.0 Å². The standard InChI is InChI=1S/C2HClN4O2/c3-1-4-5-6-7(1)2(8)9/h(H,8,9). The van der Waals surface area contributed by atoms with Gasteiger partial charge in [-0.3, -0.25) is 0 Å². The number of nitrogens with zero attached hydrogens (tertiary/aromatic N) is 4. The summed E-state index contributed by atoms with van der Waals surface area (Å²) in [5, 5.41) is 17.1. The van der Waals surface area contributed by atoms with Gasteiger partial charge < -0.3 is 5.11 Å². The molecule has 0 aliphatic heterocycles. The van der Waals surface area contributed by atoms with Crippen LogP contribution in [0.15, 0.2) is 0 Å². The predicted octanol–water partition coefficient (Wildman–Crippen LogP) is -0.147. The minimum atomic E-state index is -1.30. The van der Waals surface area contributed by atoms with Crippen molar-refractivity contribution in [3.8, 4) is 0 Å². The molecule has 6 nitrogen and oxygen atoms in total. The molecular formula is C2HClN4O2. The van der Waals surface area contributed by atoms with Gasteiger partial charge in [-0.15, -0.1) is 4.68 Å². The number of carbonyl (C=O) groups is 1. The van der Waals surface area contributed by atoms with Gasteiger partial charge in [0.2, 0.25) is 0 Å². The van der Waals surface area contributed by atoms with E-state index in [1.807, 2.05) is 0 Å². The molecule has 1 heterocycles. The highest BCUT2D eigenvalue weighted by Crippen LogP contribution is 1.97. The van der Waals surface area contributed by atoms with E-state index < -0.39 is 6.09 Å². The Morgan fingerprint density at radius 2 is 2.44 bits per heavy atom. The molecule has 1 N–H and O–H groups in total. The van der Waals surface area contributed by atoms with Gasteiger partial charge in [0.15, 0.2) is 0 Å². The second-order valence-electron chi connectivity index (χ2n) is 1.14. The van der Waals surface area contributed by atoms with E-state index in [1.54, 1.807) is 0 Å². The lowest BCUT2D eigenvalue weighted by molar-refractivity contribution is 0.192. The quantitative estimate of drug-likeness (QED) is 0.518. The number of halogens is 1. The average molecular weight is 149 g/mol. The lowest BCUT2D eigenvalue weighted by atomic mass is 11.1. The van der Waals surface area contributed by atoms with Gasteiger partial charge in [0.25, 0.3) is 5.28 Å². The lowest BCUT2D eigenvalue weighted by Gasteiger charge is -1.85. The monoisotopic (exact) mass is 148 g/mol. The number of hydrogen-bond acceptors (Lipinski definition) is 4. The van der Waals surface area contributed by atoms with Gasteiger partial charge >= 0.3 is 6.09 Å². The van der Waals surface area contributed by atoms with Gasteiger partial charge in [0.1, 0.15) is 0 Å². The number of carboxylic acid groups (broad SMARTS) is 1. The lowest BCUT2D eigenvalue weighted by Crippen LogP contribution is -2.09. The molecule has 0 saturated carbocycles. The summed E-state index contributed by atoms with van der Waals surface area (Å²) >= 11 is 5.18. The summed E-state index contributed by atoms with van der Waals surface area (Å²) in [4.78, 5) is 10.0. The molecule has 0 fully saturated rings. The van der Waals surface area contributed by atoms with E-state index in [1.165, 1.54) is 0 Å². The Hall–Kier alpha value is -1.17. The first-order chi connectivity index (χ1) is 4.22. The molecular weight excluding hydrogens is 148 g/mol. The Morgan fingerprint density at radius 3 is 2.67 bits per heavy atom. The van der Waals surface area contributed by atoms with Crippen LogP contribution in [0.4, 0.5) is 4.79 Å². The predicted molar refractivity (Wildman–Crippen MR) is 26.2 cm³/mol. The van der Waals surface area contributed by atoms with Gasteiger partial charge in [-0.25, -0.2) is 4.79 Å². The number of aromatic nitrogens is 4. The number of rotatable bonds is 0. The first-order valence-corrected chi connectivity index (χ1v) is 2.27. The van der Waals surface area contributed by atoms with Crippen molar-refractivity contribution in [3.05, 3.63) is 5.28 Å². The Labute approximate surface area is 54.0 Å². The Balaban J connectivity index is 3.08. The summed E-state index contributed by atoms with van der Waals surface area (Å²) in [6, 6.07) is 0. The average Bonchev–Trinajstić information content (AvgIpc) is 2.13. The van der Waals surface area contributed by atoms with E-state index in [4.69, 9.17) is 16.7 Å². The van der Waals surface area contributed by atoms with Crippen molar-refractivity contribution < 1.29 is 9.90 Å². The summed E-state index contributed by atoms with van der Waals surface area (Å²) in [5.41, 5.74) is 0. The SMILES string of the molecule is O=C(O)n1nnnc1Cl. The Bertz CT molecular complexity index is 232. The number of hydrogen-bond donors (Lipinski definition) is 1. The zero-order valence-electron chi connectivity index (χ0n) is 4.02. The highest BCUT2D eigenvalue weighted by atomic mass is 35.5. The van der Waals surface area contributed by atoms with E-state index in [0.717, 1.165) is 0 Å². The third-order valence-electron chi connectivity index (χ3n) is 0.613. The summed E-state index contributed by atoms with van der Waals surface area (Å²) < 4.78 is 0.460. The first kappa shape index (κ1) is 5.96. The zero-order chi connectivity index (χ0) is 6.85. The molecule has 48 valence electrons. The minimum absolute atomic E-state index is 0.262. The molecule has 0 atom stereocenters. The van der Waals surface area contributed by atoms with Crippen molar-refractivity contribution in [1.29, 1.82) is 0 Å². The van der Waals surface area contributed by atoms with Gasteiger partial charge in [0, 0.05) is 0 Å². The van der Waals surface area contributed by atoms with Crippen LogP contribution in [0.5, 0.6) is 0 Å². The summed E-state index contributed by atoms with van der Waals surface area (Å²) in [6.07, 6.45) is -1.30. The van der Waals surface area contributed by atoms with Crippen LogP contribution in [0.3, 0.4) is 0 Å². The highest BCUT2D eigenvalue weighted by Gasteiger charge is 2.07. The van der Waals surface area contributed by atoms with Crippen molar-refractivity contribution in [2.75, 3.05) is 0 Å². The third kappa shape index (κ3) is 0.968. The number of tetrazole rings is 1.